The Labute approximate surface area is 124 Å². The van der Waals surface area contributed by atoms with E-state index in [1.54, 1.807) is 0 Å². The third-order valence-electron chi connectivity index (χ3n) is 3.47. The molecule has 3 nitrogen and oxygen atoms in total. The first-order chi connectivity index (χ1) is 9.80. The van der Waals surface area contributed by atoms with E-state index in [4.69, 9.17) is 10.5 Å². The predicted octanol–water partition coefficient (Wildman–Crippen LogP) is 3.43. The van der Waals surface area contributed by atoms with Gasteiger partial charge in [0, 0.05) is 13.1 Å². The fourth-order valence-electron chi connectivity index (χ4n) is 2.15. The van der Waals surface area contributed by atoms with Crippen LogP contribution in [0.3, 0.4) is 0 Å². The van der Waals surface area contributed by atoms with Gasteiger partial charge in [0.1, 0.15) is 12.4 Å². The van der Waals surface area contributed by atoms with Crippen LogP contribution in [0.2, 0.25) is 0 Å². The fourth-order valence-corrected chi connectivity index (χ4v) is 2.15. The van der Waals surface area contributed by atoms with Crippen molar-refractivity contribution >= 4 is 0 Å². The summed E-state index contributed by atoms with van der Waals surface area (Å²) in [5.41, 5.74) is 6.76. The smallest absolute Gasteiger partial charge is 0.119 e. The van der Waals surface area contributed by atoms with Crippen molar-refractivity contribution in [3.05, 3.63) is 29.8 Å². The molecule has 0 heterocycles. The van der Waals surface area contributed by atoms with Gasteiger partial charge in [0.05, 0.1) is 0 Å². The third kappa shape index (κ3) is 6.92. The molecule has 3 heteroatoms. The number of nitrogens with two attached hydrogens (primary N) is 1. The van der Waals surface area contributed by atoms with Crippen molar-refractivity contribution in [1.29, 1.82) is 0 Å². The summed E-state index contributed by atoms with van der Waals surface area (Å²) in [6.45, 7) is 9.18. The number of unbranched alkanes of at least 4 members (excludes halogenated alkanes) is 2. The summed E-state index contributed by atoms with van der Waals surface area (Å²) in [5.74, 6) is 0.930. The molecular weight excluding hydrogens is 248 g/mol. The second kappa shape index (κ2) is 10.7. The van der Waals surface area contributed by atoms with Gasteiger partial charge in [0.2, 0.25) is 0 Å². The number of rotatable bonds is 11. The molecule has 1 aromatic carbocycles. The number of ether oxygens (including phenoxy) is 1. The van der Waals surface area contributed by atoms with Gasteiger partial charge < -0.3 is 10.5 Å². The zero-order chi connectivity index (χ0) is 14.6. The first kappa shape index (κ1) is 17.0. The van der Waals surface area contributed by atoms with Gasteiger partial charge in [-0.25, -0.2) is 0 Å². The van der Waals surface area contributed by atoms with Crippen LogP contribution in [0.15, 0.2) is 24.3 Å². The molecule has 0 aliphatic rings. The van der Waals surface area contributed by atoms with Crippen molar-refractivity contribution < 1.29 is 4.74 Å². The summed E-state index contributed by atoms with van der Waals surface area (Å²) in [6, 6.07) is 8.06. The highest BCUT2D eigenvalue weighted by atomic mass is 16.5. The predicted molar refractivity (Wildman–Crippen MR) is 86.1 cm³/mol. The van der Waals surface area contributed by atoms with Crippen molar-refractivity contribution in [2.24, 2.45) is 5.73 Å². The molecule has 0 radical (unpaired) electrons. The number of hydrogen-bond acceptors (Lipinski definition) is 3. The van der Waals surface area contributed by atoms with Crippen molar-refractivity contribution in [1.82, 2.24) is 4.90 Å². The largest absolute Gasteiger partial charge is 0.492 e. The van der Waals surface area contributed by atoms with E-state index < -0.39 is 0 Å². The maximum absolute atomic E-state index is 5.84. The quantitative estimate of drug-likeness (QED) is 0.674. The van der Waals surface area contributed by atoms with Crippen molar-refractivity contribution in [3.8, 4) is 5.75 Å². The van der Waals surface area contributed by atoms with Gasteiger partial charge in [-0.05, 0) is 43.6 Å². The van der Waals surface area contributed by atoms with Gasteiger partial charge in [0.15, 0.2) is 0 Å². The molecule has 1 aromatic rings. The lowest BCUT2D eigenvalue weighted by Crippen LogP contribution is -2.30. The Balaban J connectivity index is 2.34. The molecule has 0 unspecified atom stereocenters. The normalized spacial score (nSPS) is 11.0. The average Bonchev–Trinajstić information content (AvgIpc) is 2.49. The van der Waals surface area contributed by atoms with Crippen LogP contribution in [0.1, 0.15) is 45.1 Å². The molecule has 0 atom stereocenters. The first-order valence-electron chi connectivity index (χ1n) is 7.94. The number of hydrogen-bond donors (Lipinski definition) is 1. The van der Waals surface area contributed by atoms with E-state index in [0.717, 1.165) is 24.5 Å². The van der Waals surface area contributed by atoms with Crippen molar-refractivity contribution in [2.75, 3.05) is 26.2 Å². The van der Waals surface area contributed by atoms with Crippen LogP contribution in [0.5, 0.6) is 5.75 Å². The minimum atomic E-state index is 0.566. The summed E-state index contributed by atoms with van der Waals surface area (Å²) in [7, 11) is 0. The molecule has 0 fully saturated rings. The Morgan fingerprint density at radius 2 is 1.75 bits per heavy atom. The highest BCUT2D eigenvalue weighted by Gasteiger charge is 2.04. The van der Waals surface area contributed by atoms with Crippen LogP contribution in [0.25, 0.3) is 0 Å². The van der Waals surface area contributed by atoms with E-state index in [9.17, 15) is 0 Å². The fraction of sp³-hybridized carbons (Fsp3) is 0.647. The summed E-state index contributed by atoms with van der Waals surface area (Å²) >= 11 is 0. The lowest BCUT2D eigenvalue weighted by Gasteiger charge is -2.22. The van der Waals surface area contributed by atoms with Crippen LogP contribution >= 0.6 is 0 Å². The number of nitrogens with zero attached hydrogens (tertiary/aromatic N) is 1. The number of benzene rings is 1. The minimum absolute atomic E-state index is 0.566. The molecule has 0 aromatic heterocycles. The van der Waals surface area contributed by atoms with Gasteiger partial charge in [-0.15, -0.1) is 0 Å². The molecule has 0 aliphatic carbocycles. The van der Waals surface area contributed by atoms with Gasteiger partial charge in [-0.3, -0.25) is 4.90 Å². The van der Waals surface area contributed by atoms with Crippen LogP contribution in [0, 0.1) is 0 Å². The van der Waals surface area contributed by atoms with Crippen molar-refractivity contribution in [2.45, 2.75) is 46.1 Å². The molecule has 0 amide bonds. The molecule has 1 rings (SSSR count). The molecule has 0 spiro atoms. The van der Waals surface area contributed by atoms with Gasteiger partial charge >= 0.3 is 0 Å². The maximum atomic E-state index is 5.84. The second-order valence-corrected chi connectivity index (χ2v) is 5.25. The van der Waals surface area contributed by atoms with Crippen LogP contribution in [0.4, 0.5) is 0 Å². The van der Waals surface area contributed by atoms with Gasteiger partial charge in [-0.2, -0.15) is 0 Å². The van der Waals surface area contributed by atoms with E-state index in [2.05, 4.69) is 18.7 Å². The average molecular weight is 278 g/mol. The summed E-state index contributed by atoms with van der Waals surface area (Å²) in [6.07, 6.45) is 5.04. The lowest BCUT2D eigenvalue weighted by atomic mass is 10.2. The molecule has 114 valence electrons. The van der Waals surface area contributed by atoms with E-state index >= 15 is 0 Å². The van der Waals surface area contributed by atoms with E-state index in [1.807, 2.05) is 24.3 Å². The lowest BCUT2D eigenvalue weighted by molar-refractivity contribution is 0.204. The van der Waals surface area contributed by atoms with E-state index in [0.29, 0.717) is 6.54 Å². The Kier molecular flexibility index (Phi) is 9.09. The van der Waals surface area contributed by atoms with E-state index in [-0.39, 0.29) is 0 Å². The topological polar surface area (TPSA) is 38.5 Å². The van der Waals surface area contributed by atoms with Crippen LogP contribution in [-0.4, -0.2) is 31.1 Å². The van der Waals surface area contributed by atoms with Crippen LogP contribution in [-0.2, 0) is 6.54 Å². The van der Waals surface area contributed by atoms with E-state index in [1.165, 1.54) is 38.8 Å². The molecule has 20 heavy (non-hydrogen) atoms. The Morgan fingerprint density at radius 3 is 2.35 bits per heavy atom. The SMILES string of the molecule is CCCCN(CCCC)CCOc1cccc(CN)c1. The molecular formula is C17H30N2O. The Hall–Kier alpha value is -1.06. The first-order valence-corrected chi connectivity index (χ1v) is 7.94. The summed E-state index contributed by atoms with van der Waals surface area (Å²) < 4.78 is 5.84. The molecule has 2 N–H and O–H groups in total. The van der Waals surface area contributed by atoms with Gasteiger partial charge in [0.25, 0.3) is 0 Å². The minimum Gasteiger partial charge on any atom is -0.492 e. The maximum Gasteiger partial charge on any atom is 0.119 e. The highest BCUT2D eigenvalue weighted by Crippen LogP contribution is 2.12. The standard InChI is InChI=1S/C17H30N2O/c1-3-5-10-19(11-6-4-2)12-13-20-17-9-7-8-16(14-17)15-18/h7-9,14H,3-6,10-13,15,18H2,1-2H3. The van der Waals surface area contributed by atoms with Gasteiger partial charge in [-0.1, -0.05) is 38.8 Å². The molecule has 0 saturated carbocycles. The highest BCUT2D eigenvalue weighted by molar-refractivity contribution is 5.28. The van der Waals surface area contributed by atoms with Crippen LogP contribution < -0.4 is 10.5 Å². The monoisotopic (exact) mass is 278 g/mol. The molecule has 0 saturated heterocycles. The Morgan fingerprint density at radius 1 is 1.05 bits per heavy atom. The zero-order valence-corrected chi connectivity index (χ0v) is 13.1. The molecule has 0 bridgehead atoms. The summed E-state index contributed by atoms with van der Waals surface area (Å²) in [4.78, 5) is 2.51. The third-order valence-corrected chi connectivity index (χ3v) is 3.47. The Bertz CT molecular complexity index is 347. The second-order valence-electron chi connectivity index (χ2n) is 5.25. The zero-order valence-electron chi connectivity index (χ0n) is 13.1. The van der Waals surface area contributed by atoms with Crippen molar-refractivity contribution in [3.63, 3.8) is 0 Å². The summed E-state index contributed by atoms with van der Waals surface area (Å²) in [5, 5.41) is 0. The molecule has 0 aliphatic heterocycles.